The fourth-order valence-corrected chi connectivity index (χ4v) is 2.83. The van der Waals surface area contributed by atoms with Gasteiger partial charge in [-0.1, -0.05) is 11.6 Å². The van der Waals surface area contributed by atoms with Crippen molar-refractivity contribution in [2.75, 3.05) is 7.11 Å². The first-order valence-electron chi connectivity index (χ1n) is 3.66. The van der Waals surface area contributed by atoms with E-state index in [9.17, 15) is 0 Å². The van der Waals surface area contributed by atoms with Crippen molar-refractivity contribution in [1.29, 1.82) is 0 Å². The highest BCUT2D eigenvalue weighted by atomic mass is 35.5. The van der Waals surface area contributed by atoms with Crippen LogP contribution in [-0.4, -0.2) is 7.11 Å². The zero-order valence-electron chi connectivity index (χ0n) is 6.87. The average Bonchev–Trinajstić information content (AvgIpc) is 2.56. The Hall–Kier alpha value is -0.380. The molecule has 13 heavy (non-hydrogen) atoms. The van der Waals surface area contributed by atoms with E-state index in [2.05, 4.69) is 12.6 Å². The number of thiol groups is 1. The molecule has 0 fully saturated rings. The van der Waals surface area contributed by atoms with Crippen molar-refractivity contribution in [3.63, 3.8) is 0 Å². The SMILES string of the molecule is COc1csc2c(S)ccc(Cl)c12. The molecule has 2 aromatic rings. The van der Waals surface area contributed by atoms with Gasteiger partial charge in [0.1, 0.15) is 5.75 Å². The zero-order chi connectivity index (χ0) is 9.42. The average molecular weight is 231 g/mol. The molecule has 4 heteroatoms. The lowest BCUT2D eigenvalue weighted by atomic mass is 10.2. The number of rotatable bonds is 1. The lowest BCUT2D eigenvalue weighted by molar-refractivity contribution is 0.421. The second-order valence-corrected chi connectivity index (χ2v) is 4.34. The van der Waals surface area contributed by atoms with Crippen LogP contribution in [0.5, 0.6) is 5.75 Å². The van der Waals surface area contributed by atoms with Gasteiger partial charge in [-0.05, 0) is 12.1 Å². The number of halogens is 1. The number of hydrogen-bond acceptors (Lipinski definition) is 3. The fraction of sp³-hybridized carbons (Fsp3) is 0.111. The third kappa shape index (κ3) is 1.41. The first-order valence-corrected chi connectivity index (χ1v) is 5.37. The van der Waals surface area contributed by atoms with Crippen molar-refractivity contribution in [1.82, 2.24) is 0 Å². The third-order valence-electron chi connectivity index (χ3n) is 1.84. The highest BCUT2D eigenvalue weighted by Crippen LogP contribution is 2.40. The predicted molar refractivity (Wildman–Crippen MR) is 60.6 cm³/mol. The molecule has 0 N–H and O–H groups in total. The van der Waals surface area contributed by atoms with Gasteiger partial charge in [0.15, 0.2) is 0 Å². The number of ether oxygens (including phenoxy) is 1. The molecule has 0 amide bonds. The summed E-state index contributed by atoms with van der Waals surface area (Å²) in [5, 5.41) is 3.61. The topological polar surface area (TPSA) is 9.23 Å². The number of thiophene rings is 1. The Morgan fingerprint density at radius 1 is 1.46 bits per heavy atom. The Morgan fingerprint density at radius 2 is 2.23 bits per heavy atom. The minimum atomic E-state index is 0.714. The largest absolute Gasteiger partial charge is 0.495 e. The normalized spacial score (nSPS) is 10.7. The summed E-state index contributed by atoms with van der Waals surface area (Å²) in [6, 6.07) is 3.73. The Morgan fingerprint density at radius 3 is 2.92 bits per heavy atom. The van der Waals surface area contributed by atoms with Gasteiger partial charge in [0, 0.05) is 10.3 Å². The summed E-state index contributed by atoms with van der Waals surface area (Å²) in [6.45, 7) is 0. The van der Waals surface area contributed by atoms with Crippen LogP contribution in [0.4, 0.5) is 0 Å². The molecule has 0 unspecified atom stereocenters. The van der Waals surface area contributed by atoms with Crippen LogP contribution in [0.1, 0.15) is 0 Å². The highest BCUT2D eigenvalue weighted by molar-refractivity contribution is 7.80. The van der Waals surface area contributed by atoms with Crippen LogP contribution in [-0.2, 0) is 0 Å². The number of methoxy groups -OCH3 is 1. The first-order chi connectivity index (χ1) is 6.24. The van der Waals surface area contributed by atoms with Gasteiger partial charge in [-0.2, -0.15) is 0 Å². The third-order valence-corrected chi connectivity index (χ3v) is 3.67. The maximum atomic E-state index is 6.05. The van der Waals surface area contributed by atoms with Crippen LogP contribution in [0, 0.1) is 0 Å². The van der Waals surface area contributed by atoms with Crippen LogP contribution in [0.2, 0.25) is 5.02 Å². The fourth-order valence-electron chi connectivity index (χ4n) is 1.22. The minimum Gasteiger partial charge on any atom is -0.495 e. The molecule has 1 aromatic carbocycles. The van der Waals surface area contributed by atoms with Gasteiger partial charge in [0.2, 0.25) is 0 Å². The van der Waals surface area contributed by atoms with Gasteiger partial charge in [-0.15, -0.1) is 24.0 Å². The summed E-state index contributed by atoms with van der Waals surface area (Å²) < 4.78 is 6.27. The van der Waals surface area contributed by atoms with Gasteiger partial charge in [0.25, 0.3) is 0 Å². The summed E-state index contributed by atoms with van der Waals surface area (Å²) in [5.74, 6) is 0.820. The summed E-state index contributed by atoms with van der Waals surface area (Å²) in [4.78, 5) is 0.938. The van der Waals surface area contributed by atoms with E-state index in [-0.39, 0.29) is 0 Å². The molecule has 0 aliphatic rings. The lowest BCUT2D eigenvalue weighted by Crippen LogP contribution is -1.80. The first kappa shape index (κ1) is 9.19. The van der Waals surface area contributed by atoms with Gasteiger partial charge in [-0.3, -0.25) is 0 Å². The Kier molecular flexibility index (Phi) is 2.41. The van der Waals surface area contributed by atoms with Crippen molar-refractivity contribution < 1.29 is 4.74 Å². The van der Waals surface area contributed by atoms with E-state index >= 15 is 0 Å². The quantitative estimate of drug-likeness (QED) is 0.733. The Bertz CT molecular complexity index is 450. The Balaban J connectivity index is 2.87. The van der Waals surface area contributed by atoms with E-state index in [1.54, 1.807) is 18.4 Å². The molecule has 0 saturated heterocycles. The van der Waals surface area contributed by atoms with Crippen molar-refractivity contribution in [2.45, 2.75) is 4.90 Å². The molecule has 0 atom stereocenters. The minimum absolute atomic E-state index is 0.714. The maximum Gasteiger partial charge on any atom is 0.138 e. The van der Waals surface area contributed by atoms with Crippen LogP contribution in [0.3, 0.4) is 0 Å². The molecule has 1 aromatic heterocycles. The number of hydrogen-bond donors (Lipinski definition) is 1. The van der Waals surface area contributed by atoms with E-state index in [4.69, 9.17) is 16.3 Å². The van der Waals surface area contributed by atoms with Crippen molar-refractivity contribution in [3.8, 4) is 5.75 Å². The summed E-state index contributed by atoms with van der Waals surface area (Å²) in [5.41, 5.74) is 0. The maximum absolute atomic E-state index is 6.05. The van der Waals surface area contributed by atoms with E-state index in [0.29, 0.717) is 5.02 Å². The molecule has 0 saturated carbocycles. The van der Waals surface area contributed by atoms with E-state index in [1.165, 1.54) is 0 Å². The molecule has 68 valence electrons. The molecule has 0 spiro atoms. The summed E-state index contributed by atoms with van der Waals surface area (Å²) in [7, 11) is 1.64. The van der Waals surface area contributed by atoms with Gasteiger partial charge < -0.3 is 4.74 Å². The molecular formula is C9H7ClOS2. The van der Waals surface area contributed by atoms with Crippen LogP contribution >= 0.6 is 35.6 Å². The van der Waals surface area contributed by atoms with Crippen LogP contribution in [0.15, 0.2) is 22.4 Å². The van der Waals surface area contributed by atoms with E-state index in [0.717, 1.165) is 20.7 Å². The van der Waals surface area contributed by atoms with Crippen molar-refractivity contribution in [3.05, 3.63) is 22.5 Å². The molecule has 2 rings (SSSR count). The predicted octanol–water partition coefficient (Wildman–Crippen LogP) is 3.85. The smallest absolute Gasteiger partial charge is 0.138 e. The van der Waals surface area contributed by atoms with Gasteiger partial charge in [-0.25, -0.2) is 0 Å². The van der Waals surface area contributed by atoms with E-state index in [1.807, 2.05) is 17.5 Å². The second kappa shape index (κ2) is 3.40. The molecule has 1 heterocycles. The van der Waals surface area contributed by atoms with Gasteiger partial charge >= 0.3 is 0 Å². The molecule has 0 radical (unpaired) electrons. The van der Waals surface area contributed by atoms with Gasteiger partial charge in [0.05, 0.1) is 22.2 Å². The zero-order valence-corrected chi connectivity index (χ0v) is 9.34. The van der Waals surface area contributed by atoms with E-state index < -0.39 is 0 Å². The summed E-state index contributed by atoms with van der Waals surface area (Å²) in [6.07, 6.45) is 0. The standard InChI is InChI=1S/C9H7ClOS2/c1-11-6-4-13-9-7(12)3-2-5(10)8(6)9/h2-4,12H,1H3. The summed E-state index contributed by atoms with van der Waals surface area (Å²) >= 11 is 12.0. The van der Waals surface area contributed by atoms with Crippen LogP contribution in [0.25, 0.3) is 10.1 Å². The lowest BCUT2D eigenvalue weighted by Gasteiger charge is -2.00. The molecular weight excluding hydrogens is 224 g/mol. The molecule has 1 nitrogen and oxygen atoms in total. The van der Waals surface area contributed by atoms with Crippen molar-refractivity contribution >= 4 is 45.7 Å². The number of benzene rings is 1. The molecule has 0 aliphatic heterocycles. The van der Waals surface area contributed by atoms with Crippen molar-refractivity contribution in [2.24, 2.45) is 0 Å². The monoisotopic (exact) mass is 230 g/mol. The van der Waals surface area contributed by atoms with Crippen LogP contribution < -0.4 is 4.74 Å². The number of fused-ring (bicyclic) bond motifs is 1. The molecule has 0 aliphatic carbocycles. The Labute approximate surface area is 90.7 Å². The molecule has 0 bridgehead atoms. The second-order valence-electron chi connectivity index (χ2n) is 2.57. The highest BCUT2D eigenvalue weighted by Gasteiger charge is 2.09.